The maximum atomic E-state index is 12.7. The van der Waals surface area contributed by atoms with Crippen molar-refractivity contribution in [2.75, 3.05) is 19.6 Å². The highest BCUT2D eigenvalue weighted by molar-refractivity contribution is 4.88. The SMILES string of the molecule is CCN(CC(C)C)CC(O)(CC)C(F)(F)F. The number of rotatable bonds is 6. The third-order valence-corrected chi connectivity index (χ3v) is 2.67. The third-order valence-electron chi connectivity index (χ3n) is 2.67. The summed E-state index contributed by atoms with van der Waals surface area (Å²) in [5, 5.41) is 9.60. The van der Waals surface area contributed by atoms with Gasteiger partial charge in [0, 0.05) is 13.1 Å². The van der Waals surface area contributed by atoms with Crippen LogP contribution in [-0.2, 0) is 0 Å². The van der Waals surface area contributed by atoms with Crippen molar-refractivity contribution in [3.63, 3.8) is 0 Å². The summed E-state index contributed by atoms with van der Waals surface area (Å²) in [4.78, 5) is 1.64. The molecular formula is C11H22F3NO. The molecule has 0 bridgehead atoms. The fraction of sp³-hybridized carbons (Fsp3) is 1.00. The predicted octanol–water partition coefficient (Wildman–Crippen LogP) is 2.67. The minimum atomic E-state index is -4.56. The molecule has 1 N–H and O–H groups in total. The largest absolute Gasteiger partial charge is 0.418 e. The van der Waals surface area contributed by atoms with Gasteiger partial charge in [-0.25, -0.2) is 0 Å². The van der Waals surface area contributed by atoms with Crippen LogP contribution >= 0.6 is 0 Å². The van der Waals surface area contributed by atoms with Crippen molar-refractivity contribution < 1.29 is 18.3 Å². The van der Waals surface area contributed by atoms with E-state index in [9.17, 15) is 18.3 Å². The summed E-state index contributed by atoms with van der Waals surface area (Å²) in [7, 11) is 0. The van der Waals surface area contributed by atoms with Crippen LogP contribution in [0.25, 0.3) is 0 Å². The Morgan fingerprint density at radius 3 is 1.94 bits per heavy atom. The second kappa shape index (κ2) is 5.87. The molecule has 0 heterocycles. The first kappa shape index (κ1) is 15.7. The molecule has 0 radical (unpaired) electrons. The molecule has 5 heteroatoms. The Morgan fingerprint density at radius 1 is 1.19 bits per heavy atom. The highest BCUT2D eigenvalue weighted by Gasteiger charge is 2.52. The molecular weight excluding hydrogens is 219 g/mol. The first-order chi connectivity index (χ1) is 7.16. The first-order valence-electron chi connectivity index (χ1n) is 5.67. The standard InChI is InChI=1S/C11H22F3NO/c1-5-10(16,11(12,13)14)8-15(6-2)7-9(3)4/h9,16H,5-8H2,1-4H3. The van der Waals surface area contributed by atoms with E-state index in [0.29, 0.717) is 13.1 Å². The molecule has 0 aromatic heterocycles. The van der Waals surface area contributed by atoms with Gasteiger partial charge in [0.25, 0.3) is 0 Å². The monoisotopic (exact) mass is 241 g/mol. The quantitative estimate of drug-likeness (QED) is 0.772. The fourth-order valence-corrected chi connectivity index (χ4v) is 1.59. The summed E-state index contributed by atoms with van der Waals surface area (Å²) in [6.45, 7) is 7.78. The van der Waals surface area contributed by atoms with Crippen LogP contribution in [0.3, 0.4) is 0 Å². The zero-order valence-corrected chi connectivity index (χ0v) is 10.4. The second-order valence-electron chi connectivity index (χ2n) is 4.60. The van der Waals surface area contributed by atoms with Gasteiger partial charge in [-0.2, -0.15) is 13.2 Å². The van der Waals surface area contributed by atoms with Crippen LogP contribution in [0.5, 0.6) is 0 Å². The van der Waals surface area contributed by atoms with Crippen LogP contribution in [0, 0.1) is 5.92 Å². The van der Waals surface area contributed by atoms with E-state index >= 15 is 0 Å². The zero-order valence-electron chi connectivity index (χ0n) is 10.4. The lowest BCUT2D eigenvalue weighted by Crippen LogP contribution is -2.53. The van der Waals surface area contributed by atoms with Gasteiger partial charge in [-0.05, 0) is 18.9 Å². The molecule has 98 valence electrons. The summed E-state index contributed by atoms with van der Waals surface area (Å²) in [6, 6.07) is 0. The Morgan fingerprint density at radius 2 is 1.69 bits per heavy atom. The molecule has 0 saturated heterocycles. The van der Waals surface area contributed by atoms with Crippen LogP contribution < -0.4 is 0 Å². The van der Waals surface area contributed by atoms with Crippen molar-refractivity contribution in [2.45, 2.75) is 45.9 Å². The molecule has 0 fully saturated rings. The van der Waals surface area contributed by atoms with E-state index in [1.807, 2.05) is 13.8 Å². The molecule has 16 heavy (non-hydrogen) atoms. The van der Waals surface area contributed by atoms with Crippen molar-refractivity contribution in [2.24, 2.45) is 5.92 Å². The highest BCUT2D eigenvalue weighted by atomic mass is 19.4. The summed E-state index contributed by atoms with van der Waals surface area (Å²) < 4.78 is 38.0. The molecule has 2 nitrogen and oxygen atoms in total. The molecule has 0 saturated carbocycles. The average Bonchev–Trinajstić information content (AvgIpc) is 2.14. The third kappa shape index (κ3) is 4.29. The zero-order chi connectivity index (χ0) is 13.0. The molecule has 0 amide bonds. The molecule has 0 aromatic carbocycles. The molecule has 0 aliphatic carbocycles. The van der Waals surface area contributed by atoms with Gasteiger partial charge in [0.05, 0.1) is 0 Å². The second-order valence-corrected chi connectivity index (χ2v) is 4.60. The normalized spacial score (nSPS) is 16.9. The van der Waals surface area contributed by atoms with E-state index in [1.54, 1.807) is 11.8 Å². The highest BCUT2D eigenvalue weighted by Crippen LogP contribution is 2.33. The van der Waals surface area contributed by atoms with Gasteiger partial charge in [-0.15, -0.1) is 0 Å². The van der Waals surface area contributed by atoms with Gasteiger partial charge in [0.2, 0.25) is 0 Å². The van der Waals surface area contributed by atoms with Crippen molar-refractivity contribution in [3.05, 3.63) is 0 Å². The number of hydrogen-bond acceptors (Lipinski definition) is 2. The van der Waals surface area contributed by atoms with E-state index in [2.05, 4.69) is 0 Å². The lowest BCUT2D eigenvalue weighted by molar-refractivity contribution is -0.266. The van der Waals surface area contributed by atoms with Gasteiger partial charge in [-0.1, -0.05) is 27.7 Å². The average molecular weight is 241 g/mol. The van der Waals surface area contributed by atoms with E-state index in [4.69, 9.17) is 0 Å². The van der Waals surface area contributed by atoms with Gasteiger partial charge < -0.3 is 10.0 Å². The number of likely N-dealkylation sites (N-methyl/N-ethyl adjacent to an activating group) is 1. The Kier molecular flexibility index (Phi) is 5.76. The van der Waals surface area contributed by atoms with Crippen LogP contribution in [0.1, 0.15) is 34.1 Å². The number of aliphatic hydroxyl groups is 1. The molecule has 1 unspecified atom stereocenters. The van der Waals surface area contributed by atoms with Crippen LogP contribution in [0.4, 0.5) is 13.2 Å². The maximum absolute atomic E-state index is 12.7. The summed E-state index contributed by atoms with van der Waals surface area (Å²) in [6.07, 6.45) is -4.88. The molecule has 0 aromatic rings. The first-order valence-corrected chi connectivity index (χ1v) is 5.67. The van der Waals surface area contributed by atoms with E-state index in [1.165, 1.54) is 6.92 Å². The van der Waals surface area contributed by atoms with Crippen molar-refractivity contribution in [1.82, 2.24) is 4.90 Å². The van der Waals surface area contributed by atoms with Crippen molar-refractivity contribution >= 4 is 0 Å². The smallest absolute Gasteiger partial charge is 0.379 e. The number of hydrogen-bond donors (Lipinski definition) is 1. The molecule has 1 atom stereocenters. The van der Waals surface area contributed by atoms with Crippen molar-refractivity contribution in [3.8, 4) is 0 Å². The Labute approximate surface area is 95.4 Å². The number of alkyl halides is 3. The maximum Gasteiger partial charge on any atom is 0.418 e. The Bertz CT molecular complexity index is 206. The van der Waals surface area contributed by atoms with Gasteiger partial charge in [0.1, 0.15) is 0 Å². The summed E-state index contributed by atoms with van der Waals surface area (Å²) in [5.74, 6) is 0.286. The molecule has 0 rings (SSSR count). The Balaban J connectivity index is 4.62. The van der Waals surface area contributed by atoms with E-state index in [0.717, 1.165) is 0 Å². The van der Waals surface area contributed by atoms with Crippen LogP contribution in [0.2, 0.25) is 0 Å². The Hall–Kier alpha value is -0.290. The van der Waals surface area contributed by atoms with Gasteiger partial charge >= 0.3 is 6.18 Å². The lowest BCUT2D eigenvalue weighted by atomic mass is 9.99. The summed E-state index contributed by atoms with van der Waals surface area (Å²) in [5.41, 5.74) is -2.59. The number of halogens is 3. The molecule has 0 aliphatic rings. The van der Waals surface area contributed by atoms with Gasteiger partial charge in [-0.3, -0.25) is 0 Å². The van der Waals surface area contributed by atoms with Crippen molar-refractivity contribution in [1.29, 1.82) is 0 Å². The molecule has 0 spiro atoms. The van der Waals surface area contributed by atoms with Crippen LogP contribution in [-0.4, -0.2) is 41.4 Å². The predicted molar refractivity (Wildman–Crippen MR) is 58.2 cm³/mol. The minimum absolute atomic E-state index is 0.286. The topological polar surface area (TPSA) is 23.5 Å². The fourth-order valence-electron chi connectivity index (χ4n) is 1.59. The summed E-state index contributed by atoms with van der Waals surface area (Å²) >= 11 is 0. The van der Waals surface area contributed by atoms with Gasteiger partial charge in [0.15, 0.2) is 5.60 Å². The van der Waals surface area contributed by atoms with Crippen LogP contribution in [0.15, 0.2) is 0 Å². The van der Waals surface area contributed by atoms with E-state index in [-0.39, 0.29) is 18.9 Å². The number of nitrogens with zero attached hydrogens (tertiary/aromatic N) is 1. The molecule has 0 aliphatic heterocycles. The lowest BCUT2D eigenvalue weighted by Gasteiger charge is -2.35. The minimum Gasteiger partial charge on any atom is -0.379 e. The van der Waals surface area contributed by atoms with E-state index < -0.39 is 11.8 Å².